The van der Waals surface area contributed by atoms with E-state index in [2.05, 4.69) is 0 Å². The molecule has 0 amide bonds. The maximum atomic E-state index is 5.87. The van der Waals surface area contributed by atoms with Gasteiger partial charge in [-0.1, -0.05) is 18.0 Å². The van der Waals surface area contributed by atoms with Gasteiger partial charge in [-0.15, -0.1) is 0 Å². The molecule has 5 heteroatoms. The van der Waals surface area contributed by atoms with Crippen molar-refractivity contribution in [3.8, 4) is 0 Å². The van der Waals surface area contributed by atoms with Crippen molar-refractivity contribution in [1.82, 2.24) is 0 Å². The van der Waals surface area contributed by atoms with Gasteiger partial charge in [0.2, 0.25) is 0 Å². The van der Waals surface area contributed by atoms with E-state index in [1.54, 1.807) is 0 Å². The largest absolute Gasteiger partial charge is 0.612 e. The topological polar surface area (TPSA) is 27.7 Å². The summed E-state index contributed by atoms with van der Waals surface area (Å²) in [4.78, 5) is 0. The number of hydrogen-bond acceptors (Lipinski definition) is 3. The second kappa shape index (κ2) is 5.96. The van der Waals surface area contributed by atoms with Crippen molar-refractivity contribution in [2.45, 2.75) is 20.3 Å². The van der Waals surface area contributed by atoms with Gasteiger partial charge in [0, 0.05) is 20.3 Å². The van der Waals surface area contributed by atoms with E-state index >= 15 is 0 Å². The molecular weight excluding hydrogens is 184 g/mol. The zero-order chi connectivity index (χ0) is 8.74. The third kappa shape index (κ3) is 4.76. The maximum absolute atomic E-state index is 5.87. The minimum Gasteiger partial charge on any atom is -0.365 e. The summed E-state index contributed by atoms with van der Waals surface area (Å²) in [5.74, 6) is 0. The van der Waals surface area contributed by atoms with Crippen LogP contribution < -0.4 is 0 Å². The van der Waals surface area contributed by atoms with Gasteiger partial charge in [-0.3, -0.25) is 0 Å². The van der Waals surface area contributed by atoms with E-state index in [-0.39, 0.29) is 0 Å². The Hall–Kier alpha value is 0.387. The third-order valence-electron chi connectivity index (χ3n) is 1.04. The summed E-state index contributed by atoms with van der Waals surface area (Å²) in [7, 11) is -1.27. The van der Waals surface area contributed by atoms with E-state index in [9.17, 15) is 0 Å². The minimum atomic E-state index is -2.77. The van der Waals surface area contributed by atoms with Crippen LogP contribution in [0.25, 0.3) is 0 Å². The van der Waals surface area contributed by atoms with Gasteiger partial charge >= 0.3 is 8.11 Å². The zero-order valence-electron chi connectivity index (χ0n) is 7.22. The lowest BCUT2D eigenvalue weighted by Crippen LogP contribution is -2.39. The van der Waals surface area contributed by atoms with E-state index in [1.807, 2.05) is 13.8 Å². The summed E-state index contributed by atoms with van der Waals surface area (Å²) >= 11 is 5.87. The van der Waals surface area contributed by atoms with Crippen molar-refractivity contribution in [3.63, 3.8) is 0 Å². The van der Waals surface area contributed by atoms with Crippen LogP contribution in [0.3, 0.4) is 0 Å². The lowest BCUT2D eigenvalue weighted by molar-refractivity contribution is 0.105. The molecule has 0 heterocycles. The van der Waals surface area contributed by atoms with Crippen LogP contribution in [0.2, 0.25) is 0 Å². The first-order chi connectivity index (χ1) is 5.18. The fraction of sp³-hybridized carbons (Fsp3) is 1.00. The Morgan fingerprint density at radius 3 is 2.27 bits per heavy atom. The van der Waals surface area contributed by atoms with Gasteiger partial charge in [0.05, 0.1) is 0 Å². The molecule has 11 heavy (non-hydrogen) atoms. The van der Waals surface area contributed by atoms with Crippen molar-refractivity contribution in [2.24, 2.45) is 0 Å². The van der Waals surface area contributed by atoms with Crippen LogP contribution in [-0.2, 0) is 13.3 Å². The molecule has 0 aromatic heterocycles. The van der Waals surface area contributed by atoms with E-state index in [0.717, 1.165) is 6.42 Å². The monoisotopic (exact) mass is 198 g/mol. The molecule has 1 atom stereocenters. The summed E-state index contributed by atoms with van der Waals surface area (Å²) < 4.78 is 15.3. The van der Waals surface area contributed by atoms with Crippen LogP contribution in [0, 0.1) is 0 Å². The SMILES string of the molecule is CCCO[Si](Cl)(OC)OCC. The smallest absolute Gasteiger partial charge is 0.365 e. The molecule has 0 radical (unpaired) electrons. The van der Waals surface area contributed by atoms with Crippen LogP contribution >= 0.6 is 11.1 Å². The molecule has 0 aliphatic rings. The first-order valence-electron chi connectivity index (χ1n) is 3.70. The molecule has 0 spiro atoms. The van der Waals surface area contributed by atoms with Crippen molar-refractivity contribution in [2.75, 3.05) is 20.3 Å². The summed E-state index contributed by atoms with van der Waals surface area (Å²) in [5.41, 5.74) is 0. The molecule has 0 aliphatic heterocycles. The Morgan fingerprint density at radius 2 is 1.91 bits per heavy atom. The Kier molecular flexibility index (Phi) is 6.17. The van der Waals surface area contributed by atoms with Gasteiger partial charge < -0.3 is 13.3 Å². The molecule has 1 unspecified atom stereocenters. The van der Waals surface area contributed by atoms with E-state index in [0.29, 0.717) is 13.2 Å². The maximum Gasteiger partial charge on any atom is 0.612 e. The van der Waals surface area contributed by atoms with E-state index in [4.69, 9.17) is 24.4 Å². The summed E-state index contributed by atoms with van der Waals surface area (Å²) in [6, 6.07) is 0. The van der Waals surface area contributed by atoms with Crippen LogP contribution in [0.4, 0.5) is 0 Å². The highest BCUT2D eigenvalue weighted by Crippen LogP contribution is 2.13. The summed E-state index contributed by atoms with van der Waals surface area (Å²) in [6.07, 6.45) is 0.915. The predicted molar refractivity (Wildman–Crippen MR) is 46.5 cm³/mol. The molecule has 0 aromatic carbocycles. The lowest BCUT2D eigenvalue weighted by Gasteiger charge is -2.19. The van der Waals surface area contributed by atoms with Gasteiger partial charge in [0.15, 0.2) is 0 Å². The molecule has 0 N–H and O–H groups in total. The molecule has 0 bridgehead atoms. The van der Waals surface area contributed by atoms with Gasteiger partial charge in [0.25, 0.3) is 0 Å². The Balaban J connectivity index is 3.68. The fourth-order valence-electron chi connectivity index (χ4n) is 0.556. The summed E-state index contributed by atoms with van der Waals surface area (Å²) in [6.45, 7) is 4.97. The highest BCUT2D eigenvalue weighted by Gasteiger charge is 2.37. The normalized spacial score (nSPS) is 16.4. The van der Waals surface area contributed by atoms with Gasteiger partial charge in [-0.25, -0.2) is 0 Å². The Bertz CT molecular complexity index is 104. The fourth-order valence-corrected chi connectivity index (χ4v) is 2.23. The Morgan fingerprint density at radius 1 is 1.27 bits per heavy atom. The van der Waals surface area contributed by atoms with Crippen molar-refractivity contribution >= 4 is 19.2 Å². The van der Waals surface area contributed by atoms with Crippen LogP contribution in [-0.4, -0.2) is 28.4 Å². The Labute approximate surface area is 73.7 Å². The molecule has 0 saturated heterocycles. The molecule has 68 valence electrons. The first-order valence-corrected chi connectivity index (χ1v) is 6.44. The number of hydrogen-bond donors (Lipinski definition) is 0. The average Bonchev–Trinajstić information content (AvgIpc) is 2.02. The van der Waals surface area contributed by atoms with Crippen molar-refractivity contribution < 1.29 is 13.3 Å². The molecule has 0 saturated carbocycles. The zero-order valence-corrected chi connectivity index (χ0v) is 8.98. The summed E-state index contributed by atoms with van der Waals surface area (Å²) in [5, 5.41) is 0. The molecule has 0 aromatic rings. The van der Waals surface area contributed by atoms with Crippen LogP contribution in [0.5, 0.6) is 0 Å². The third-order valence-corrected chi connectivity index (χ3v) is 3.83. The second-order valence-corrected chi connectivity index (χ2v) is 5.30. The van der Waals surface area contributed by atoms with Gasteiger partial charge in [0.1, 0.15) is 0 Å². The average molecular weight is 199 g/mol. The molecule has 0 rings (SSSR count). The minimum absolute atomic E-state index is 0.521. The van der Waals surface area contributed by atoms with E-state index < -0.39 is 8.11 Å². The standard InChI is InChI=1S/C6H15ClO3Si/c1-4-6-10-11(7,8-3)9-5-2/h4-6H2,1-3H3. The second-order valence-electron chi connectivity index (χ2n) is 1.97. The molecular formula is C6H15ClO3Si. The van der Waals surface area contributed by atoms with Gasteiger partial charge in [-0.05, 0) is 13.3 Å². The van der Waals surface area contributed by atoms with Gasteiger partial charge in [-0.2, -0.15) is 0 Å². The highest BCUT2D eigenvalue weighted by molar-refractivity contribution is 7.09. The number of halogens is 1. The lowest BCUT2D eigenvalue weighted by atomic mass is 10.5. The predicted octanol–water partition coefficient (Wildman–Crippen LogP) is 1.77. The quantitative estimate of drug-likeness (QED) is 0.481. The van der Waals surface area contributed by atoms with Crippen molar-refractivity contribution in [3.05, 3.63) is 0 Å². The first kappa shape index (κ1) is 11.4. The highest BCUT2D eigenvalue weighted by atomic mass is 35.6. The van der Waals surface area contributed by atoms with E-state index in [1.165, 1.54) is 7.11 Å². The molecule has 0 fully saturated rings. The van der Waals surface area contributed by atoms with Crippen LogP contribution in [0.1, 0.15) is 20.3 Å². The molecule has 3 nitrogen and oxygen atoms in total. The molecule has 0 aliphatic carbocycles. The van der Waals surface area contributed by atoms with Crippen molar-refractivity contribution in [1.29, 1.82) is 0 Å². The van der Waals surface area contributed by atoms with Crippen LogP contribution in [0.15, 0.2) is 0 Å². The number of rotatable bonds is 6.